The molecule has 2 aromatic rings. The number of aromatic nitrogens is 1. The van der Waals surface area contributed by atoms with Gasteiger partial charge >= 0.3 is 0 Å². The maximum absolute atomic E-state index is 14.1. The summed E-state index contributed by atoms with van der Waals surface area (Å²) in [6.07, 6.45) is 3.71. The lowest BCUT2D eigenvalue weighted by atomic mass is 10.00. The van der Waals surface area contributed by atoms with Crippen LogP contribution in [0.25, 0.3) is 0 Å². The van der Waals surface area contributed by atoms with Gasteiger partial charge in [-0.05, 0) is 36.5 Å². The van der Waals surface area contributed by atoms with Crippen molar-refractivity contribution >= 4 is 17.2 Å². The summed E-state index contributed by atoms with van der Waals surface area (Å²) in [5.74, 6) is -0.405. The van der Waals surface area contributed by atoms with Crippen molar-refractivity contribution in [1.29, 1.82) is 0 Å². The van der Waals surface area contributed by atoms with Crippen molar-refractivity contribution in [2.24, 2.45) is 0 Å². The zero-order valence-electron chi connectivity index (χ0n) is 12.8. The van der Waals surface area contributed by atoms with Crippen LogP contribution in [0.1, 0.15) is 53.5 Å². The fraction of sp³-hybridized carbons (Fsp3) is 0.412. The second-order valence-corrected chi connectivity index (χ2v) is 6.96. The number of nitrogens with zero attached hydrogens (tertiary/aromatic N) is 2. The monoisotopic (exact) mass is 318 g/mol. The smallest absolute Gasteiger partial charge is 0.257 e. The maximum Gasteiger partial charge on any atom is 0.257 e. The lowest BCUT2D eigenvalue weighted by molar-refractivity contribution is 0.0725. The molecule has 1 aromatic heterocycles. The van der Waals surface area contributed by atoms with Crippen molar-refractivity contribution in [3.8, 4) is 0 Å². The second kappa shape index (κ2) is 6.16. The molecule has 0 unspecified atom stereocenters. The number of halogens is 1. The van der Waals surface area contributed by atoms with Crippen molar-refractivity contribution in [1.82, 2.24) is 9.88 Å². The van der Waals surface area contributed by atoms with E-state index in [0.29, 0.717) is 6.54 Å². The number of hydrogen-bond donors (Lipinski definition) is 0. The van der Waals surface area contributed by atoms with E-state index >= 15 is 0 Å². The minimum atomic E-state index is -0.445. The van der Waals surface area contributed by atoms with Crippen LogP contribution in [-0.2, 0) is 6.54 Å². The molecule has 0 bridgehead atoms. The highest BCUT2D eigenvalue weighted by Crippen LogP contribution is 2.31. The molecule has 1 aliphatic rings. The van der Waals surface area contributed by atoms with Gasteiger partial charge < -0.3 is 4.90 Å². The van der Waals surface area contributed by atoms with Crippen molar-refractivity contribution in [2.45, 2.75) is 45.2 Å². The first-order chi connectivity index (χ1) is 10.6. The molecule has 1 aromatic carbocycles. The van der Waals surface area contributed by atoms with Crippen LogP contribution in [0, 0.1) is 5.82 Å². The van der Waals surface area contributed by atoms with Crippen LogP contribution in [0.4, 0.5) is 4.39 Å². The van der Waals surface area contributed by atoms with Gasteiger partial charge in [-0.1, -0.05) is 19.9 Å². The van der Waals surface area contributed by atoms with Gasteiger partial charge in [0.05, 0.1) is 12.1 Å². The first-order valence-electron chi connectivity index (χ1n) is 7.55. The normalized spacial score (nSPS) is 14.4. The third-order valence-electron chi connectivity index (χ3n) is 3.93. The van der Waals surface area contributed by atoms with Crippen LogP contribution in [0.2, 0.25) is 0 Å². The topological polar surface area (TPSA) is 33.2 Å². The molecule has 0 saturated heterocycles. The second-order valence-electron chi connectivity index (χ2n) is 5.98. The number of hydrogen-bond acceptors (Lipinski definition) is 3. The fourth-order valence-electron chi connectivity index (χ4n) is 2.45. The van der Waals surface area contributed by atoms with Gasteiger partial charge in [0.2, 0.25) is 0 Å². The third-order valence-corrected chi connectivity index (χ3v) is 4.69. The zero-order valence-corrected chi connectivity index (χ0v) is 13.6. The zero-order chi connectivity index (χ0) is 15.7. The Bertz CT molecular complexity index is 665. The number of thiazole rings is 1. The van der Waals surface area contributed by atoms with Crippen molar-refractivity contribution in [2.75, 3.05) is 0 Å². The molecule has 0 atom stereocenters. The summed E-state index contributed by atoms with van der Waals surface area (Å²) in [4.78, 5) is 18.8. The van der Waals surface area contributed by atoms with Gasteiger partial charge in [-0.25, -0.2) is 9.37 Å². The van der Waals surface area contributed by atoms with E-state index in [1.165, 1.54) is 17.4 Å². The van der Waals surface area contributed by atoms with Gasteiger partial charge in [0.1, 0.15) is 10.8 Å². The van der Waals surface area contributed by atoms with Gasteiger partial charge in [0, 0.05) is 17.6 Å². The summed E-state index contributed by atoms with van der Waals surface area (Å²) in [5.41, 5.74) is 1.16. The molecular formula is C17H19FN2OS. The summed E-state index contributed by atoms with van der Waals surface area (Å²) in [6.45, 7) is 4.54. The molecule has 0 aliphatic heterocycles. The lowest BCUT2D eigenvalue weighted by Crippen LogP contribution is -2.33. The first-order valence-corrected chi connectivity index (χ1v) is 8.43. The third kappa shape index (κ3) is 3.19. The molecule has 1 fully saturated rings. The molecule has 0 radical (unpaired) electrons. The predicted octanol–water partition coefficient (Wildman–Crippen LogP) is 4.21. The largest absolute Gasteiger partial charge is 0.329 e. The Morgan fingerprint density at radius 3 is 2.82 bits per heavy atom. The van der Waals surface area contributed by atoms with Crippen molar-refractivity contribution in [3.63, 3.8) is 0 Å². The number of carbonyl (C=O) groups is 1. The first kappa shape index (κ1) is 15.2. The molecule has 1 amide bonds. The molecule has 1 heterocycles. The van der Waals surface area contributed by atoms with Crippen LogP contribution >= 0.6 is 11.3 Å². The van der Waals surface area contributed by atoms with E-state index in [1.54, 1.807) is 23.2 Å². The van der Waals surface area contributed by atoms with Gasteiger partial charge in [-0.3, -0.25) is 4.79 Å². The van der Waals surface area contributed by atoms with Crippen molar-refractivity contribution in [3.05, 3.63) is 51.7 Å². The van der Waals surface area contributed by atoms with Crippen molar-refractivity contribution < 1.29 is 9.18 Å². The Morgan fingerprint density at radius 2 is 2.23 bits per heavy atom. The highest BCUT2D eigenvalue weighted by Gasteiger charge is 2.34. The molecule has 3 rings (SSSR count). The molecule has 1 aliphatic carbocycles. The highest BCUT2D eigenvalue weighted by molar-refractivity contribution is 7.09. The summed E-state index contributed by atoms with van der Waals surface area (Å²) < 4.78 is 14.1. The maximum atomic E-state index is 14.1. The Balaban J connectivity index is 1.88. The summed E-state index contributed by atoms with van der Waals surface area (Å²) in [7, 11) is 0. The minimum Gasteiger partial charge on any atom is -0.329 e. The predicted molar refractivity (Wildman–Crippen MR) is 85.5 cm³/mol. The summed E-state index contributed by atoms with van der Waals surface area (Å²) in [5, 5.41) is 2.78. The average Bonchev–Trinajstić information content (AvgIpc) is 3.21. The number of rotatable bonds is 5. The van der Waals surface area contributed by atoms with Crippen LogP contribution in [-0.4, -0.2) is 21.8 Å². The van der Waals surface area contributed by atoms with E-state index in [2.05, 4.69) is 4.98 Å². The molecule has 0 spiro atoms. The van der Waals surface area contributed by atoms with E-state index in [-0.39, 0.29) is 23.4 Å². The molecule has 3 nitrogen and oxygen atoms in total. The van der Waals surface area contributed by atoms with Crippen LogP contribution < -0.4 is 0 Å². The van der Waals surface area contributed by atoms with E-state index in [1.807, 2.05) is 19.2 Å². The van der Waals surface area contributed by atoms with Gasteiger partial charge in [0.15, 0.2) is 0 Å². The summed E-state index contributed by atoms with van der Waals surface area (Å²) >= 11 is 1.52. The van der Waals surface area contributed by atoms with E-state index in [0.717, 1.165) is 23.4 Å². The number of carbonyl (C=O) groups excluding carboxylic acids is 1. The van der Waals surface area contributed by atoms with Gasteiger partial charge in [-0.15, -0.1) is 11.3 Å². The fourth-order valence-corrected chi connectivity index (χ4v) is 3.06. The minimum absolute atomic E-state index is 0.176. The molecule has 0 N–H and O–H groups in total. The molecule has 116 valence electrons. The van der Waals surface area contributed by atoms with Crippen LogP contribution in [0.5, 0.6) is 0 Å². The van der Waals surface area contributed by atoms with Gasteiger partial charge in [-0.2, -0.15) is 0 Å². The average molecular weight is 318 g/mol. The van der Waals surface area contributed by atoms with Gasteiger partial charge in [0.25, 0.3) is 5.91 Å². The molecule has 1 saturated carbocycles. The van der Waals surface area contributed by atoms with Crippen LogP contribution in [0.3, 0.4) is 0 Å². The standard InChI is InChI=1S/C17H19FN2OS/c1-11(2)12-3-6-15(18)14(9-12)17(21)20(13-4-5-13)10-16-19-7-8-22-16/h3,6-9,11,13H,4-5,10H2,1-2H3. The van der Waals surface area contributed by atoms with E-state index in [4.69, 9.17) is 0 Å². The Hall–Kier alpha value is -1.75. The SMILES string of the molecule is CC(C)c1ccc(F)c(C(=O)N(Cc2nccs2)C2CC2)c1. The molecule has 5 heteroatoms. The Kier molecular flexibility index (Phi) is 4.25. The Labute approximate surface area is 133 Å². The Morgan fingerprint density at radius 1 is 1.45 bits per heavy atom. The van der Waals surface area contributed by atoms with E-state index in [9.17, 15) is 9.18 Å². The molecule has 22 heavy (non-hydrogen) atoms. The highest BCUT2D eigenvalue weighted by atomic mass is 32.1. The lowest BCUT2D eigenvalue weighted by Gasteiger charge is -2.22. The van der Waals surface area contributed by atoms with Crippen LogP contribution in [0.15, 0.2) is 29.8 Å². The summed E-state index contributed by atoms with van der Waals surface area (Å²) in [6, 6.07) is 5.06. The quantitative estimate of drug-likeness (QED) is 0.827. The molecular weight excluding hydrogens is 299 g/mol. The number of amides is 1. The van der Waals surface area contributed by atoms with E-state index < -0.39 is 5.82 Å². The number of benzene rings is 1.